The van der Waals surface area contributed by atoms with Crippen LogP contribution >= 0.6 is 11.6 Å². The molecule has 0 saturated carbocycles. The van der Waals surface area contributed by atoms with Gasteiger partial charge >= 0.3 is 0 Å². The van der Waals surface area contributed by atoms with Crippen molar-refractivity contribution in [3.8, 4) is 0 Å². The van der Waals surface area contributed by atoms with Crippen LogP contribution in [0.15, 0.2) is 48.5 Å². The number of halogens is 1. The van der Waals surface area contributed by atoms with Crippen LogP contribution in [0.2, 0.25) is 5.02 Å². The van der Waals surface area contributed by atoms with Crippen molar-refractivity contribution in [3.05, 3.63) is 64.7 Å². The maximum absolute atomic E-state index is 12.4. The van der Waals surface area contributed by atoms with Crippen molar-refractivity contribution in [2.75, 3.05) is 18.5 Å². The SMILES string of the molecule is CN(C(=O)CN1C(=O)c2cccc(Cl)c2C1=O)c1ccccc1. The molecule has 3 amide bonds. The van der Waals surface area contributed by atoms with Crippen LogP contribution in [0.25, 0.3) is 0 Å². The van der Waals surface area contributed by atoms with Crippen LogP contribution in [-0.2, 0) is 4.79 Å². The highest BCUT2D eigenvalue weighted by atomic mass is 35.5. The van der Waals surface area contributed by atoms with E-state index in [2.05, 4.69) is 0 Å². The number of fused-ring (bicyclic) bond motifs is 1. The summed E-state index contributed by atoms with van der Waals surface area (Å²) in [6.07, 6.45) is 0. The number of likely N-dealkylation sites (N-methyl/N-ethyl adjacent to an activating group) is 1. The Kier molecular flexibility index (Phi) is 3.88. The first-order valence-corrected chi connectivity index (χ1v) is 7.35. The zero-order valence-electron chi connectivity index (χ0n) is 12.3. The third-order valence-electron chi connectivity index (χ3n) is 3.76. The number of amides is 3. The first-order chi connectivity index (χ1) is 11.0. The van der Waals surface area contributed by atoms with Crippen LogP contribution in [0.4, 0.5) is 5.69 Å². The molecule has 0 atom stereocenters. The first-order valence-electron chi connectivity index (χ1n) is 6.97. The molecule has 0 saturated heterocycles. The lowest BCUT2D eigenvalue weighted by atomic mass is 10.1. The van der Waals surface area contributed by atoms with Gasteiger partial charge in [0.2, 0.25) is 5.91 Å². The molecule has 1 aliphatic heterocycles. The predicted molar refractivity (Wildman–Crippen MR) is 86.7 cm³/mol. The predicted octanol–water partition coefficient (Wildman–Crippen LogP) is 2.60. The molecule has 5 nitrogen and oxygen atoms in total. The van der Waals surface area contributed by atoms with Crippen LogP contribution in [0.5, 0.6) is 0 Å². The summed E-state index contributed by atoms with van der Waals surface area (Å²) < 4.78 is 0. The molecule has 2 aromatic rings. The van der Waals surface area contributed by atoms with Gasteiger partial charge in [0.1, 0.15) is 6.54 Å². The van der Waals surface area contributed by atoms with Crippen LogP contribution in [0.3, 0.4) is 0 Å². The number of anilines is 1. The Morgan fingerprint density at radius 1 is 1.04 bits per heavy atom. The summed E-state index contributed by atoms with van der Waals surface area (Å²) in [6, 6.07) is 13.7. The maximum Gasteiger partial charge on any atom is 0.263 e. The normalized spacial score (nSPS) is 13.2. The fourth-order valence-corrected chi connectivity index (χ4v) is 2.73. The lowest BCUT2D eigenvalue weighted by Crippen LogP contribution is -2.41. The molecule has 0 aromatic heterocycles. The van der Waals surface area contributed by atoms with Crippen molar-refractivity contribution in [1.82, 2.24) is 4.90 Å². The van der Waals surface area contributed by atoms with Gasteiger partial charge in [-0.05, 0) is 24.3 Å². The molecule has 6 heteroatoms. The van der Waals surface area contributed by atoms with E-state index in [1.807, 2.05) is 6.07 Å². The second-order valence-electron chi connectivity index (χ2n) is 5.15. The molecule has 0 fully saturated rings. The van der Waals surface area contributed by atoms with E-state index < -0.39 is 11.8 Å². The van der Waals surface area contributed by atoms with Crippen molar-refractivity contribution >= 4 is 35.0 Å². The Morgan fingerprint density at radius 3 is 2.39 bits per heavy atom. The van der Waals surface area contributed by atoms with Gasteiger partial charge < -0.3 is 4.90 Å². The van der Waals surface area contributed by atoms with Crippen molar-refractivity contribution in [3.63, 3.8) is 0 Å². The Labute approximate surface area is 138 Å². The molecule has 2 aromatic carbocycles. The van der Waals surface area contributed by atoms with Crippen LogP contribution in [0.1, 0.15) is 20.7 Å². The highest BCUT2D eigenvalue weighted by Gasteiger charge is 2.38. The molecule has 0 radical (unpaired) electrons. The number of para-hydroxylation sites is 1. The number of nitrogens with zero attached hydrogens (tertiary/aromatic N) is 2. The zero-order chi connectivity index (χ0) is 16.6. The minimum atomic E-state index is -0.537. The Morgan fingerprint density at radius 2 is 1.74 bits per heavy atom. The number of hydrogen-bond donors (Lipinski definition) is 0. The third kappa shape index (κ3) is 2.59. The number of carbonyl (C=O) groups excluding carboxylic acids is 3. The van der Waals surface area contributed by atoms with E-state index in [-0.39, 0.29) is 28.6 Å². The number of imide groups is 1. The lowest BCUT2D eigenvalue weighted by Gasteiger charge is -2.20. The van der Waals surface area contributed by atoms with Gasteiger partial charge in [-0.3, -0.25) is 19.3 Å². The lowest BCUT2D eigenvalue weighted by molar-refractivity contribution is -0.118. The van der Waals surface area contributed by atoms with Gasteiger partial charge in [0.05, 0.1) is 16.1 Å². The molecular weight excluding hydrogens is 316 g/mol. The van der Waals surface area contributed by atoms with Crippen molar-refractivity contribution in [2.45, 2.75) is 0 Å². The molecule has 0 spiro atoms. The highest BCUT2D eigenvalue weighted by Crippen LogP contribution is 2.29. The summed E-state index contributed by atoms with van der Waals surface area (Å²) in [5, 5.41) is 0.215. The van der Waals surface area contributed by atoms with Crippen LogP contribution < -0.4 is 4.90 Å². The summed E-state index contributed by atoms with van der Waals surface area (Å²) >= 11 is 6.00. The Balaban J connectivity index is 1.82. The second-order valence-corrected chi connectivity index (χ2v) is 5.55. The van der Waals surface area contributed by atoms with Gasteiger partial charge in [-0.2, -0.15) is 0 Å². The summed E-state index contributed by atoms with van der Waals surface area (Å²) in [6.45, 7) is -0.325. The molecule has 0 aliphatic carbocycles. The number of rotatable bonds is 3. The first kappa shape index (κ1) is 15.2. The number of hydrogen-bond acceptors (Lipinski definition) is 3. The molecule has 3 rings (SSSR count). The monoisotopic (exact) mass is 328 g/mol. The van der Waals surface area contributed by atoms with Gasteiger partial charge in [-0.25, -0.2) is 0 Å². The van der Waals surface area contributed by atoms with Gasteiger partial charge in [-0.15, -0.1) is 0 Å². The van der Waals surface area contributed by atoms with Crippen molar-refractivity contribution in [1.29, 1.82) is 0 Å². The van der Waals surface area contributed by atoms with Crippen molar-refractivity contribution < 1.29 is 14.4 Å². The molecule has 1 heterocycles. The molecule has 0 bridgehead atoms. The van der Waals surface area contributed by atoms with E-state index in [1.54, 1.807) is 43.4 Å². The largest absolute Gasteiger partial charge is 0.314 e. The number of carbonyl (C=O) groups is 3. The molecule has 0 N–H and O–H groups in total. The van der Waals surface area contributed by atoms with Gasteiger partial charge in [0.15, 0.2) is 0 Å². The average Bonchev–Trinajstić information content (AvgIpc) is 2.81. The molecule has 116 valence electrons. The topological polar surface area (TPSA) is 57.7 Å². The summed E-state index contributed by atoms with van der Waals surface area (Å²) in [7, 11) is 1.60. The average molecular weight is 329 g/mol. The quantitative estimate of drug-likeness (QED) is 0.814. The summed E-state index contributed by atoms with van der Waals surface area (Å²) in [5.41, 5.74) is 1.08. The molecule has 23 heavy (non-hydrogen) atoms. The zero-order valence-corrected chi connectivity index (χ0v) is 13.1. The minimum Gasteiger partial charge on any atom is -0.314 e. The van der Waals surface area contributed by atoms with E-state index in [1.165, 1.54) is 11.0 Å². The second kappa shape index (κ2) is 5.85. The van der Waals surface area contributed by atoms with Gasteiger partial charge in [0.25, 0.3) is 11.8 Å². The van der Waals surface area contributed by atoms with Gasteiger partial charge in [0, 0.05) is 12.7 Å². The van der Waals surface area contributed by atoms with E-state index in [0.717, 1.165) is 4.90 Å². The van der Waals surface area contributed by atoms with E-state index in [0.29, 0.717) is 5.69 Å². The van der Waals surface area contributed by atoms with Crippen molar-refractivity contribution in [2.24, 2.45) is 0 Å². The van der Waals surface area contributed by atoms with Crippen LogP contribution in [-0.4, -0.2) is 36.2 Å². The minimum absolute atomic E-state index is 0.161. The third-order valence-corrected chi connectivity index (χ3v) is 4.07. The van der Waals surface area contributed by atoms with Gasteiger partial charge in [-0.1, -0.05) is 35.9 Å². The fourth-order valence-electron chi connectivity index (χ4n) is 2.47. The van der Waals surface area contributed by atoms with E-state index in [9.17, 15) is 14.4 Å². The Bertz CT molecular complexity index is 805. The Hall–Kier alpha value is -2.66. The molecular formula is C17H13ClN2O3. The summed E-state index contributed by atoms with van der Waals surface area (Å²) in [5.74, 6) is -1.39. The fraction of sp³-hybridized carbons (Fsp3) is 0.118. The number of benzene rings is 2. The van der Waals surface area contributed by atoms with E-state index in [4.69, 9.17) is 11.6 Å². The molecule has 0 unspecified atom stereocenters. The molecule has 1 aliphatic rings. The summed E-state index contributed by atoms with van der Waals surface area (Å²) in [4.78, 5) is 39.4. The maximum atomic E-state index is 12.4. The standard InChI is InChI=1S/C17H13ClN2O3/c1-19(11-6-3-2-4-7-11)14(21)10-20-16(22)12-8-5-9-13(18)15(12)17(20)23/h2-9H,10H2,1H3. The highest BCUT2D eigenvalue weighted by molar-refractivity contribution is 6.37. The smallest absolute Gasteiger partial charge is 0.263 e. The van der Waals surface area contributed by atoms with Crippen LogP contribution in [0, 0.1) is 0 Å². The van der Waals surface area contributed by atoms with E-state index >= 15 is 0 Å².